The molecule has 96 valence electrons. The van der Waals surface area contributed by atoms with Gasteiger partial charge in [-0.05, 0) is 43.5 Å². The molecule has 1 aliphatic rings. The van der Waals surface area contributed by atoms with Crippen molar-refractivity contribution < 1.29 is 19.4 Å². The van der Waals surface area contributed by atoms with Crippen molar-refractivity contribution in [2.24, 2.45) is 0 Å². The molecule has 0 atom stereocenters. The lowest BCUT2D eigenvalue weighted by Gasteiger charge is -2.28. The van der Waals surface area contributed by atoms with E-state index >= 15 is 0 Å². The van der Waals surface area contributed by atoms with Crippen LogP contribution in [-0.2, 0) is 11.2 Å². The third kappa shape index (κ3) is 2.30. The Balaban J connectivity index is 2.32. The lowest BCUT2D eigenvalue weighted by atomic mass is 9.99. The van der Waals surface area contributed by atoms with Gasteiger partial charge in [0.25, 0.3) is 0 Å². The van der Waals surface area contributed by atoms with Gasteiger partial charge in [-0.2, -0.15) is 0 Å². The largest absolute Gasteiger partial charge is 0.478 e. The molecule has 0 unspecified atom stereocenters. The number of amides is 1. The van der Waals surface area contributed by atoms with Gasteiger partial charge >= 0.3 is 12.1 Å². The van der Waals surface area contributed by atoms with Gasteiger partial charge in [-0.3, -0.25) is 4.90 Å². The Hall–Kier alpha value is -2.04. The van der Waals surface area contributed by atoms with Gasteiger partial charge in [0.05, 0.1) is 17.9 Å². The number of nitrogens with zero attached hydrogens (tertiary/aromatic N) is 1. The molecule has 0 fully saturated rings. The fraction of sp³-hybridized carbons (Fsp3) is 0.385. The molecule has 1 aromatic carbocycles. The monoisotopic (exact) mass is 249 g/mol. The highest BCUT2D eigenvalue weighted by molar-refractivity contribution is 5.92. The van der Waals surface area contributed by atoms with Crippen LogP contribution in [0.5, 0.6) is 0 Å². The van der Waals surface area contributed by atoms with Gasteiger partial charge in [-0.15, -0.1) is 0 Å². The summed E-state index contributed by atoms with van der Waals surface area (Å²) < 4.78 is 4.99. The molecule has 5 nitrogen and oxygen atoms in total. The van der Waals surface area contributed by atoms with Crippen LogP contribution in [0.2, 0.25) is 0 Å². The van der Waals surface area contributed by atoms with Gasteiger partial charge in [0.15, 0.2) is 0 Å². The first-order valence-electron chi connectivity index (χ1n) is 5.94. The van der Waals surface area contributed by atoms with E-state index in [9.17, 15) is 9.59 Å². The number of hydrogen-bond acceptors (Lipinski definition) is 3. The van der Waals surface area contributed by atoms with Crippen LogP contribution < -0.4 is 4.90 Å². The molecule has 0 spiro atoms. The highest BCUT2D eigenvalue weighted by Crippen LogP contribution is 2.28. The molecule has 1 amide bonds. The quantitative estimate of drug-likeness (QED) is 0.873. The fourth-order valence-electron chi connectivity index (χ4n) is 2.12. The van der Waals surface area contributed by atoms with Crippen molar-refractivity contribution in [1.82, 2.24) is 0 Å². The molecule has 0 aromatic heterocycles. The second-order valence-electron chi connectivity index (χ2n) is 4.10. The van der Waals surface area contributed by atoms with E-state index < -0.39 is 5.97 Å². The molecular weight excluding hydrogens is 234 g/mol. The van der Waals surface area contributed by atoms with Gasteiger partial charge in [-0.25, -0.2) is 9.59 Å². The lowest BCUT2D eigenvalue weighted by molar-refractivity contribution is 0.0696. The number of aromatic carboxylic acids is 1. The summed E-state index contributed by atoms with van der Waals surface area (Å²) in [6, 6.07) is 4.82. The summed E-state index contributed by atoms with van der Waals surface area (Å²) in [5.74, 6) is -0.953. The summed E-state index contributed by atoms with van der Waals surface area (Å²) in [5.41, 5.74) is 1.89. The summed E-state index contributed by atoms with van der Waals surface area (Å²) in [6.45, 7) is 2.70. The Labute approximate surface area is 105 Å². The molecule has 2 rings (SSSR count). The molecule has 0 radical (unpaired) electrons. The van der Waals surface area contributed by atoms with Crippen LogP contribution in [0, 0.1) is 0 Å². The number of carboxylic acid groups (broad SMARTS) is 1. The Bertz CT molecular complexity index is 484. The van der Waals surface area contributed by atoms with Gasteiger partial charge < -0.3 is 9.84 Å². The maximum atomic E-state index is 11.8. The number of anilines is 1. The molecule has 5 heteroatoms. The maximum Gasteiger partial charge on any atom is 0.414 e. The van der Waals surface area contributed by atoms with Crippen molar-refractivity contribution in [2.75, 3.05) is 18.1 Å². The number of ether oxygens (including phenoxy) is 1. The molecule has 1 heterocycles. The van der Waals surface area contributed by atoms with Gasteiger partial charge in [0, 0.05) is 6.54 Å². The number of carboxylic acids is 1. The normalized spacial score (nSPS) is 13.9. The summed E-state index contributed by atoms with van der Waals surface area (Å²) in [5, 5.41) is 8.94. The number of hydrogen-bond donors (Lipinski definition) is 1. The van der Waals surface area contributed by atoms with E-state index in [2.05, 4.69) is 0 Å². The Morgan fingerprint density at radius 2 is 2.22 bits per heavy atom. The van der Waals surface area contributed by atoms with E-state index in [1.165, 1.54) is 6.07 Å². The van der Waals surface area contributed by atoms with E-state index in [-0.39, 0.29) is 11.7 Å². The average Bonchev–Trinajstić information content (AvgIpc) is 2.37. The predicted molar refractivity (Wildman–Crippen MR) is 66.1 cm³/mol. The molecule has 1 N–H and O–H groups in total. The summed E-state index contributed by atoms with van der Waals surface area (Å²) >= 11 is 0. The Morgan fingerprint density at radius 1 is 1.44 bits per heavy atom. The molecule has 0 saturated carbocycles. The number of benzene rings is 1. The molecule has 1 aliphatic heterocycles. The van der Waals surface area contributed by atoms with Crippen molar-refractivity contribution >= 4 is 17.7 Å². The third-order valence-corrected chi connectivity index (χ3v) is 2.93. The first-order chi connectivity index (χ1) is 8.63. The summed E-state index contributed by atoms with van der Waals surface area (Å²) in [4.78, 5) is 24.2. The first kappa shape index (κ1) is 12.4. The van der Waals surface area contributed by atoms with Gasteiger partial charge in [0.1, 0.15) is 0 Å². The first-order valence-corrected chi connectivity index (χ1v) is 5.94. The highest BCUT2D eigenvalue weighted by atomic mass is 16.6. The molecular formula is C13H15NO4. The molecule has 1 aromatic rings. The van der Waals surface area contributed by atoms with E-state index in [0.717, 1.165) is 24.1 Å². The van der Waals surface area contributed by atoms with E-state index in [4.69, 9.17) is 9.84 Å². The van der Waals surface area contributed by atoms with Crippen LogP contribution in [-0.4, -0.2) is 30.3 Å². The van der Waals surface area contributed by atoms with Gasteiger partial charge in [0.2, 0.25) is 0 Å². The molecule has 0 aliphatic carbocycles. The number of rotatable bonds is 2. The zero-order chi connectivity index (χ0) is 13.1. The van der Waals surface area contributed by atoms with Crippen molar-refractivity contribution in [3.63, 3.8) is 0 Å². The number of fused-ring (bicyclic) bond motifs is 1. The van der Waals surface area contributed by atoms with Crippen LogP contribution in [0.15, 0.2) is 18.2 Å². The SMILES string of the molecule is CCOC(=O)N1CCCc2cc(C(=O)O)ccc21. The second kappa shape index (κ2) is 5.08. The summed E-state index contributed by atoms with van der Waals surface area (Å²) in [7, 11) is 0. The average molecular weight is 249 g/mol. The topological polar surface area (TPSA) is 66.8 Å². The van der Waals surface area contributed by atoms with E-state index in [0.29, 0.717) is 13.2 Å². The minimum atomic E-state index is -0.953. The fourth-order valence-corrected chi connectivity index (χ4v) is 2.12. The molecule has 0 bridgehead atoms. The second-order valence-corrected chi connectivity index (χ2v) is 4.10. The van der Waals surface area contributed by atoms with E-state index in [1.807, 2.05) is 0 Å². The summed E-state index contributed by atoms with van der Waals surface area (Å²) in [6.07, 6.45) is 1.22. The Morgan fingerprint density at radius 3 is 2.89 bits per heavy atom. The van der Waals surface area contributed by atoms with Crippen molar-refractivity contribution in [3.8, 4) is 0 Å². The minimum Gasteiger partial charge on any atom is -0.478 e. The van der Waals surface area contributed by atoms with Crippen LogP contribution in [0.4, 0.5) is 10.5 Å². The standard InChI is InChI=1S/C13H15NO4/c1-2-18-13(17)14-7-3-4-9-8-10(12(15)16)5-6-11(9)14/h5-6,8H,2-4,7H2,1H3,(H,15,16). The van der Waals surface area contributed by atoms with Crippen molar-refractivity contribution in [2.45, 2.75) is 19.8 Å². The molecule has 18 heavy (non-hydrogen) atoms. The lowest BCUT2D eigenvalue weighted by Crippen LogP contribution is -2.36. The van der Waals surface area contributed by atoms with Crippen molar-refractivity contribution in [1.29, 1.82) is 0 Å². The smallest absolute Gasteiger partial charge is 0.414 e. The Kier molecular flexibility index (Phi) is 3.50. The van der Waals surface area contributed by atoms with Crippen LogP contribution >= 0.6 is 0 Å². The van der Waals surface area contributed by atoms with Crippen LogP contribution in [0.25, 0.3) is 0 Å². The number of aryl methyl sites for hydroxylation is 1. The number of carbonyl (C=O) groups is 2. The van der Waals surface area contributed by atoms with Crippen LogP contribution in [0.1, 0.15) is 29.3 Å². The van der Waals surface area contributed by atoms with Crippen LogP contribution in [0.3, 0.4) is 0 Å². The molecule has 0 saturated heterocycles. The third-order valence-electron chi connectivity index (χ3n) is 2.93. The van der Waals surface area contributed by atoms with Gasteiger partial charge in [-0.1, -0.05) is 0 Å². The highest BCUT2D eigenvalue weighted by Gasteiger charge is 2.24. The zero-order valence-electron chi connectivity index (χ0n) is 10.2. The van der Waals surface area contributed by atoms with Crippen molar-refractivity contribution in [3.05, 3.63) is 29.3 Å². The van der Waals surface area contributed by atoms with E-state index in [1.54, 1.807) is 24.0 Å². The zero-order valence-corrected chi connectivity index (χ0v) is 10.2. The minimum absolute atomic E-state index is 0.249. The number of carbonyl (C=O) groups excluding carboxylic acids is 1. The maximum absolute atomic E-state index is 11.8. The predicted octanol–water partition coefficient (Wildman–Crippen LogP) is 2.29.